The van der Waals surface area contributed by atoms with E-state index in [0.29, 0.717) is 31.2 Å². The molecule has 0 aliphatic heterocycles. The SMILES string of the molecule is CCc1nc(CN(C)c2nc(CCN)nc3ccccc23)no1. The van der Waals surface area contributed by atoms with E-state index in [1.54, 1.807) is 0 Å². The van der Waals surface area contributed by atoms with E-state index in [2.05, 4.69) is 20.1 Å². The summed E-state index contributed by atoms with van der Waals surface area (Å²) < 4.78 is 5.16. The predicted octanol–water partition coefficient (Wildman–Crippen LogP) is 1.71. The van der Waals surface area contributed by atoms with Crippen LogP contribution in [0.2, 0.25) is 0 Å². The molecule has 0 unspecified atom stereocenters. The van der Waals surface area contributed by atoms with Crippen LogP contribution >= 0.6 is 0 Å². The molecule has 0 amide bonds. The number of hydrogen-bond acceptors (Lipinski definition) is 7. The Bertz CT molecular complexity index is 800. The largest absolute Gasteiger partial charge is 0.351 e. The van der Waals surface area contributed by atoms with Gasteiger partial charge in [-0.05, 0) is 18.7 Å². The molecule has 0 radical (unpaired) electrons. The average Bonchev–Trinajstić information content (AvgIpc) is 3.02. The average molecular weight is 312 g/mol. The number of hydrogen-bond donors (Lipinski definition) is 1. The van der Waals surface area contributed by atoms with Crippen LogP contribution in [0, 0.1) is 0 Å². The number of fused-ring (bicyclic) bond motifs is 1. The molecule has 0 aliphatic rings. The van der Waals surface area contributed by atoms with Crippen LogP contribution in [0.5, 0.6) is 0 Å². The van der Waals surface area contributed by atoms with Gasteiger partial charge in [0.2, 0.25) is 5.89 Å². The maximum absolute atomic E-state index is 5.65. The van der Waals surface area contributed by atoms with E-state index >= 15 is 0 Å². The van der Waals surface area contributed by atoms with Gasteiger partial charge >= 0.3 is 0 Å². The molecular weight excluding hydrogens is 292 g/mol. The summed E-state index contributed by atoms with van der Waals surface area (Å²) in [5, 5.41) is 5.00. The summed E-state index contributed by atoms with van der Waals surface area (Å²) in [6.45, 7) is 3.02. The number of anilines is 1. The number of nitrogens with zero attached hydrogens (tertiary/aromatic N) is 5. The highest BCUT2D eigenvalue weighted by atomic mass is 16.5. The lowest BCUT2D eigenvalue weighted by Gasteiger charge is -2.19. The Morgan fingerprint density at radius 1 is 1.13 bits per heavy atom. The normalized spacial score (nSPS) is 11.1. The van der Waals surface area contributed by atoms with Gasteiger partial charge in [-0.3, -0.25) is 0 Å². The van der Waals surface area contributed by atoms with Crippen molar-refractivity contribution in [3.05, 3.63) is 41.8 Å². The fraction of sp³-hybridized carbons (Fsp3) is 0.375. The summed E-state index contributed by atoms with van der Waals surface area (Å²) in [6, 6.07) is 7.95. The fourth-order valence-corrected chi connectivity index (χ4v) is 2.42. The highest BCUT2D eigenvalue weighted by Crippen LogP contribution is 2.24. The van der Waals surface area contributed by atoms with Crippen LogP contribution in [-0.4, -0.2) is 33.7 Å². The number of aromatic nitrogens is 4. The smallest absolute Gasteiger partial charge is 0.226 e. The van der Waals surface area contributed by atoms with Gasteiger partial charge in [0.1, 0.15) is 11.6 Å². The van der Waals surface area contributed by atoms with E-state index < -0.39 is 0 Å². The molecule has 7 heteroatoms. The summed E-state index contributed by atoms with van der Waals surface area (Å²) in [4.78, 5) is 15.6. The molecule has 2 aromatic heterocycles. The van der Waals surface area contributed by atoms with Crippen molar-refractivity contribution in [1.82, 2.24) is 20.1 Å². The summed E-state index contributed by atoms with van der Waals surface area (Å²) in [5.41, 5.74) is 6.56. The molecule has 7 nitrogen and oxygen atoms in total. The standard InChI is InChI=1S/C16H20N6O/c1-3-15-19-14(21-23-15)10-22(2)16-11-6-4-5-7-12(11)18-13(20-16)8-9-17/h4-7H,3,8-10,17H2,1-2H3. The molecule has 2 heterocycles. The van der Waals surface area contributed by atoms with Crippen LogP contribution in [0.3, 0.4) is 0 Å². The number of nitrogens with two attached hydrogens (primary N) is 1. The predicted molar refractivity (Wildman–Crippen MR) is 88.1 cm³/mol. The highest BCUT2D eigenvalue weighted by molar-refractivity contribution is 5.89. The van der Waals surface area contributed by atoms with Crippen molar-refractivity contribution in [2.75, 3.05) is 18.5 Å². The quantitative estimate of drug-likeness (QED) is 0.740. The van der Waals surface area contributed by atoms with E-state index in [-0.39, 0.29) is 0 Å². The third kappa shape index (κ3) is 3.29. The Labute approximate surface area is 134 Å². The summed E-state index contributed by atoms with van der Waals surface area (Å²) in [7, 11) is 1.96. The molecule has 0 aliphatic carbocycles. The zero-order valence-corrected chi connectivity index (χ0v) is 13.4. The van der Waals surface area contributed by atoms with Crippen molar-refractivity contribution in [2.45, 2.75) is 26.3 Å². The topological polar surface area (TPSA) is 94.0 Å². The molecule has 0 spiro atoms. The Hall–Kier alpha value is -2.54. The van der Waals surface area contributed by atoms with Crippen molar-refractivity contribution < 1.29 is 4.52 Å². The van der Waals surface area contributed by atoms with Gasteiger partial charge in [0.15, 0.2) is 5.82 Å². The van der Waals surface area contributed by atoms with E-state index in [9.17, 15) is 0 Å². The molecule has 120 valence electrons. The molecule has 0 atom stereocenters. The Balaban J connectivity index is 1.95. The summed E-state index contributed by atoms with van der Waals surface area (Å²) >= 11 is 0. The Morgan fingerprint density at radius 3 is 2.70 bits per heavy atom. The molecule has 0 saturated carbocycles. The Kier molecular flexibility index (Phi) is 4.47. The lowest BCUT2D eigenvalue weighted by molar-refractivity contribution is 0.376. The van der Waals surface area contributed by atoms with Gasteiger partial charge in [0, 0.05) is 25.3 Å². The van der Waals surface area contributed by atoms with E-state index in [1.165, 1.54) is 0 Å². The molecule has 0 saturated heterocycles. The third-order valence-electron chi connectivity index (χ3n) is 3.55. The van der Waals surface area contributed by atoms with Crippen molar-refractivity contribution in [1.29, 1.82) is 0 Å². The van der Waals surface area contributed by atoms with Crippen LogP contribution in [0.25, 0.3) is 10.9 Å². The molecule has 0 bridgehead atoms. The summed E-state index contributed by atoms with van der Waals surface area (Å²) in [5.74, 6) is 2.88. The monoisotopic (exact) mass is 312 g/mol. The van der Waals surface area contributed by atoms with Gasteiger partial charge in [-0.2, -0.15) is 4.98 Å². The number of benzene rings is 1. The van der Waals surface area contributed by atoms with Crippen LogP contribution < -0.4 is 10.6 Å². The van der Waals surface area contributed by atoms with Crippen molar-refractivity contribution in [3.8, 4) is 0 Å². The van der Waals surface area contributed by atoms with Gasteiger partial charge in [-0.25, -0.2) is 9.97 Å². The van der Waals surface area contributed by atoms with Crippen LogP contribution in [0.1, 0.15) is 24.5 Å². The molecular formula is C16H20N6O. The zero-order valence-electron chi connectivity index (χ0n) is 13.4. The molecule has 3 aromatic rings. The second kappa shape index (κ2) is 6.70. The van der Waals surface area contributed by atoms with E-state index in [1.807, 2.05) is 43.1 Å². The first kappa shape index (κ1) is 15.4. The third-order valence-corrected chi connectivity index (χ3v) is 3.55. The first-order valence-corrected chi connectivity index (χ1v) is 7.69. The van der Waals surface area contributed by atoms with E-state index in [0.717, 1.165) is 29.0 Å². The van der Waals surface area contributed by atoms with Crippen molar-refractivity contribution in [2.24, 2.45) is 5.73 Å². The lowest BCUT2D eigenvalue weighted by Crippen LogP contribution is -2.20. The first-order valence-electron chi connectivity index (χ1n) is 7.69. The zero-order chi connectivity index (χ0) is 16.2. The van der Waals surface area contributed by atoms with Crippen LogP contribution in [0.4, 0.5) is 5.82 Å². The maximum Gasteiger partial charge on any atom is 0.226 e. The van der Waals surface area contributed by atoms with Gasteiger partial charge in [0.25, 0.3) is 0 Å². The molecule has 2 N–H and O–H groups in total. The molecule has 3 rings (SSSR count). The van der Waals surface area contributed by atoms with E-state index in [4.69, 9.17) is 10.3 Å². The lowest BCUT2D eigenvalue weighted by atomic mass is 10.2. The van der Waals surface area contributed by atoms with Crippen LogP contribution in [-0.2, 0) is 19.4 Å². The molecule has 23 heavy (non-hydrogen) atoms. The second-order valence-corrected chi connectivity index (χ2v) is 5.33. The number of aryl methyl sites for hydroxylation is 1. The van der Waals surface area contributed by atoms with Crippen molar-refractivity contribution in [3.63, 3.8) is 0 Å². The minimum Gasteiger partial charge on any atom is -0.351 e. The molecule has 1 aromatic carbocycles. The van der Waals surface area contributed by atoms with Crippen molar-refractivity contribution >= 4 is 16.7 Å². The minimum atomic E-state index is 0.520. The highest BCUT2D eigenvalue weighted by Gasteiger charge is 2.14. The maximum atomic E-state index is 5.65. The number of rotatable bonds is 6. The second-order valence-electron chi connectivity index (χ2n) is 5.33. The summed E-state index contributed by atoms with van der Waals surface area (Å²) in [6.07, 6.45) is 1.38. The van der Waals surface area contributed by atoms with Gasteiger partial charge < -0.3 is 15.2 Å². The minimum absolute atomic E-state index is 0.520. The Morgan fingerprint density at radius 2 is 1.96 bits per heavy atom. The number of para-hydroxylation sites is 1. The van der Waals surface area contributed by atoms with Gasteiger partial charge in [0.05, 0.1) is 12.1 Å². The first-order chi connectivity index (χ1) is 11.2. The van der Waals surface area contributed by atoms with Crippen LogP contribution in [0.15, 0.2) is 28.8 Å². The van der Waals surface area contributed by atoms with Gasteiger partial charge in [-0.15, -0.1) is 0 Å². The van der Waals surface area contributed by atoms with Gasteiger partial charge in [-0.1, -0.05) is 24.2 Å². The molecule has 0 fully saturated rings. The fourth-order valence-electron chi connectivity index (χ4n) is 2.42.